The van der Waals surface area contributed by atoms with Gasteiger partial charge in [0.05, 0.1) is 5.69 Å². The van der Waals surface area contributed by atoms with Crippen LogP contribution in [0.5, 0.6) is 0 Å². The number of anilines is 2. The molecular weight excluding hydrogens is 275 g/mol. The van der Waals surface area contributed by atoms with Crippen LogP contribution < -0.4 is 10.2 Å². The fraction of sp³-hybridized carbons (Fsp3) is 0.429. The molecule has 0 saturated carbocycles. The van der Waals surface area contributed by atoms with Gasteiger partial charge in [-0.15, -0.1) is 10.2 Å². The Morgan fingerprint density at radius 3 is 2.65 bits per heavy atom. The van der Waals surface area contributed by atoms with E-state index in [4.69, 9.17) is 0 Å². The van der Waals surface area contributed by atoms with Crippen molar-refractivity contribution < 1.29 is 4.39 Å². The molecule has 0 radical (unpaired) electrons. The number of benzene rings is 1. The third-order valence-corrected chi connectivity index (χ3v) is 4.41. The minimum absolute atomic E-state index is 0.185. The van der Waals surface area contributed by atoms with E-state index < -0.39 is 0 Å². The molecule has 106 valence electrons. The van der Waals surface area contributed by atoms with Crippen LogP contribution in [0.25, 0.3) is 0 Å². The fourth-order valence-electron chi connectivity index (χ4n) is 2.43. The summed E-state index contributed by atoms with van der Waals surface area (Å²) >= 11 is 1.63. The van der Waals surface area contributed by atoms with Gasteiger partial charge in [0.2, 0.25) is 5.13 Å². The van der Waals surface area contributed by atoms with Crippen molar-refractivity contribution in [2.75, 3.05) is 23.3 Å². The molecule has 0 aliphatic carbocycles. The molecule has 4 nitrogen and oxygen atoms in total. The van der Waals surface area contributed by atoms with Crippen molar-refractivity contribution in [3.05, 3.63) is 35.1 Å². The summed E-state index contributed by atoms with van der Waals surface area (Å²) in [4.78, 5) is 2.25. The van der Waals surface area contributed by atoms with Gasteiger partial charge in [0.1, 0.15) is 10.8 Å². The summed E-state index contributed by atoms with van der Waals surface area (Å²) in [5.41, 5.74) is 0.595. The molecule has 1 saturated heterocycles. The van der Waals surface area contributed by atoms with E-state index in [-0.39, 0.29) is 5.82 Å². The molecule has 1 N–H and O–H groups in total. The second-order valence-electron chi connectivity index (χ2n) is 4.99. The summed E-state index contributed by atoms with van der Waals surface area (Å²) in [5.74, 6) is -0.185. The fourth-order valence-corrected chi connectivity index (χ4v) is 3.17. The molecule has 0 unspecified atom stereocenters. The summed E-state index contributed by atoms with van der Waals surface area (Å²) in [7, 11) is 0. The number of hydrogen-bond acceptors (Lipinski definition) is 5. The standard InChI is InChI=1S/C14H17FN4S/c1-10-17-18-14(20-10)19-8-6-11(7-9-19)16-13-5-3-2-4-12(13)15/h2-5,11,16H,6-9H2,1H3. The second kappa shape index (κ2) is 5.75. The lowest BCUT2D eigenvalue weighted by atomic mass is 10.1. The molecule has 1 aromatic heterocycles. The highest BCUT2D eigenvalue weighted by atomic mass is 32.1. The van der Waals surface area contributed by atoms with Gasteiger partial charge in [-0.2, -0.15) is 0 Å². The number of rotatable bonds is 3. The number of nitrogens with zero attached hydrogens (tertiary/aromatic N) is 3. The number of para-hydroxylation sites is 1. The molecule has 20 heavy (non-hydrogen) atoms. The number of hydrogen-bond donors (Lipinski definition) is 1. The Hall–Kier alpha value is -1.69. The lowest BCUT2D eigenvalue weighted by molar-refractivity contribution is 0.521. The average Bonchev–Trinajstić information content (AvgIpc) is 2.89. The summed E-state index contributed by atoms with van der Waals surface area (Å²) < 4.78 is 13.6. The first-order valence-corrected chi connectivity index (χ1v) is 7.60. The molecule has 1 aromatic carbocycles. The van der Waals surface area contributed by atoms with Crippen molar-refractivity contribution in [2.24, 2.45) is 0 Å². The van der Waals surface area contributed by atoms with Crippen molar-refractivity contribution in [2.45, 2.75) is 25.8 Å². The topological polar surface area (TPSA) is 41.1 Å². The SMILES string of the molecule is Cc1nnc(N2CCC(Nc3ccccc3F)CC2)s1. The molecule has 1 fully saturated rings. The Bertz CT molecular complexity index is 578. The van der Waals surface area contributed by atoms with E-state index in [0.717, 1.165) is 36.1 Å². The molecule has 0 bridgehead atoms. The third kappa shape index (κ3) is 2.90. The van der Waals surface area contributed by atoms with Crippen LogP contribution in [-0.2, 0) is 0 Å². The van der Waals surface area contributed by atoms with Crippen LogP contribution in [0.2, 0.25) is 0 Å². The molecule has 0 amide bonds. The molecule has 0 spiro atoms. The molecule has 3 rings (SSSR count). The summed E-state index contributed by atoms with van der Waals surface area (Å²) in [6.07, 6.45) is 1.96. The third-order valence-electron chi connectivity index (χ3n) is 3.51. The number of nitrogens with one attached hydrogen (secondary N) is 1. The van der Waals surface area contributed by atoms with Crippen LogP contribution in [0.1, 0.15) is 17.8 Å². The van der Waals surface area contributed by atoms with Crippen molar-refractivity contribution in [1.29, 1.82) is 0 Å². The van der Waals surface area contributed by atoms with Crippen LogP contribution in [0.15, 0.2) is 24.3 Å². The van der Waals surface area contributed by atoms with E-state index >= 15 is 0 Å². The Labute approximate surface area is 121 Å². The summed E-state index contributed by atoms with van der Waals surface area (Å²) in [5, 5.41) is 13.5. The summed E-state index contributed by atoms with van der Waals surface area (Å²) in [6.45, 7) is 3.83. The van der Waals surface area contributed by atoms with Gasteiger partial charge in [-0.05, 0) is 31.9 Å². The maximum atomic E-state index is 13.6. The van der Waals surface area contributed by atoms with E-state index in [0.29, 0.717) is 11.7 Å². The van der Waals surface area contributed by atoms with E-state index in [1.54, 1.807) is 23.5 Å². The van der Waals surface area contributed by atoms with Gasteiger partial charge in [-0.3, -0.25) is 0 Å². The zero-order chi connectivity index (χ0) is 13.9. The zero-order valence-electron chi connectivity index (χ0n) is 11.3. The van der Waals surface area contributed by atoms with Crippen LogP contribution >= 0.6 is 11.3 Å². The number of halogens is 1. The van der Waals surface area contributed by atoms with E-state index in [1.165, 1.54) is 6.07 Å². The Morgan fingerprint density at radius 2 is 2.00 bits per heavy atom. The van der Waals surface area contributed by atoms with Gasteiger partial charge in [0.15, 0.2) is 0 Å². The van der Waals surface area contributed by atoms with E-state index in [9.17, 15) is 4.39 Å². The van der Waals surface area contributed by atoms with Crippen LogP contribution in [-0.4, -0.2) is 29.3 Å². The molecule has 0 atom stereocenters. The average molecular weight is 292 g/mol. The monoisotopic (exact) mass is 292 g/mol. The van der Waals surface area contributed by atoms with Crippen molar-refractivity contribution in [1.82, 2.24) is 10.2 Å². The highest BCUT2D eigenvalue weighted by Gasteiger charge is 2.21. The molecule has 6 heteroatoms. The van der Waals surface area contributed by atoms with Gasteiger partial charge in [0.25, 0.3) is 0 Å². The number of aryl methyl sites for hydroxylation is 1. The highest BCUT2D eigenvalue weighted by molar-refractivity contribution is 7.15. The van der Waals surface area contributed by atoms with Gasteiger partial charge in [-0.25, -0.2) is 4.39 Å². The zero-order valence-corrected chi connectivity index (χ0v) is 12.2. The van der Waals surface area contributed by atoms with Crippen LogP contribution in [0.4, 0.5) is 15.2 Å². The van der Waals surface area contributed by atoms with Crippen molar-refractivity contribution in [3.8, 4) is 0 Å². The van der Waals surface area contributed by atoms with Gasteiger partial charge < -0.3 is 10.2 Å². The minimum Gasteiger partial charge on any atom is -0.380 e. The largest absolute Gasteiger partial charge is 0.380 e. The van der Waals surface area contributed by atoms with Crippen LogP contribution in [0.3, 0.4) is 0 Å². The first kappa shape index (κ1) is 13.3. The molecule has 2 heterocycles. The molecule has 1 aliphatic rings. The Morgan fingerprint density at radius 1 is 1.25 bits per heavy atom. The van der Waals surface area contributed by atoms with Crippen LogP contribution in [0, 0.1) is 12.7 Å². The maximum Gasteiger partial charge on any atom is 0.208 e. The number of piperidine rings is 1. The molecular formula is C14H17FN4S. The van der Waals surface area contributed by atoms with E-state index in [2.05, 4.69) is 20.4 Å². The van der Waals surface area contributed by atoms with E-state index in [1.807, 2.05) is 13.0 Å². The van der Waals surface area contributed by atoms with Crippen molar-refractivity contribution in [3.63, 3.8) is 0 Å². The lowest BCUT2D eigenvalue weighted by Gasteiger charge is -2.32. The first-order chi connectivity index (χ1) is 9.72. The summed E-state index contributed by atoms with van der Waals surface area (Å²) in [6, 6.07) is 7.15. The van der Waals surface area contributed by atoms with Crippen molar-refractivity contribution >= 4 is 22.2 Å². The van der Waals surface area contributed by atoms with Gasteiger partial charge in [0, 0.05) is 19.1 Å². The Kier molecular flexibility index (Phi) is 3.82. The smallest absolute Gasteiger partial charge is 0.208 e. The first-order valence-electron chi connectivity index (χ1n) is 6.78. The highest BCUT2D eigenvalue weighted by Crippen LogP contribution is 2.25. The molecule has 1 aliphatic heterocycles. The quantitative estimate of drug-likeness (QED) is 0.944. The second-order valence-corrected chi connectivity index (χ2v) is 6.15. The predicted octanol–water partition coefficient (Wildman–Crippen LogP) is 3.07. The maximum absolute atomic E-state index is 13.6. The molecule has 2 aromatic rings. The minimum atomic E-state index is -0.185. The normalized spacial score (nSPS) is 16.4. The lowest BCUT2D eigenvalue weighted by Crippen LogP contribution is -2.39. The van der Waals surface area contributed by atoms with Gasteiger partial charge in [-0.1, -0.05) is 23.5 Å². The Balaban J connectivity index is 1.58. The van der Waals surface area contributed by atoms with Gasteiger partial charge >= 0.3 is 0 Å². The predicted molar refractivity (Wildman–Crippen MR) is 79.9 cm³/mol. The number of aromatic nitrogens is 2.